The van der Waals surface area contributed by atoms with E-state index in [1.807, 2.05) is 0 Å². The Morgan fingerprint density at radius 2 is 1.21 bits per heavy atom. The first-order valence-corrected chi connectivity index (χ1v) is 10.7. The van der Waals surface area contributed by atoms with Crippen LogP contribution in [0.3, 0.4) is 0 Å². The molecule has 3 amide bonds. The summed E-state index contributed by atoms with van der Waals surface area (Å²) in [7, 11) is 0. The predicted octanol–water partition coefficient (Wildman–Crippen LogP) is -1.99. The average Bonchev–Trinajstić information content (AvgIpc) is 2.70. The van der Waals surface area contributed by atoms with Crippen LogP contribution < -0.4 is 21.7 Å². The molecule has 0 fully saturated rings. The van der Waals surface area contributed by atoms with Gasteiger partial charge in [-0.2, -0.15) is 0 Å². The van der Waals surface area contributed by atoms with Crippen molar-refractivity contribution in [2.45, 2.75) is 83.1 Å². The van der Waals surface area contributed by atoms with Gasteiger partial charge in [0.25, 0.3) is 0 Å². The number of nitrogens with one attached hydrogen (secondary N) is 3. The molecule has 0 saturated heterocycles. The standard InChI is InChI=1S/C20H34N4O10/c1-9(2)8-13(19(32)24-16(10(3)25)20(33)34)23-18(31)12(5-7-15(28)29)22-17(30)11(21)4-6-14(26)27/h9-13,16,25H,4-8,21H2,1-3H3,(H,22,30)(H,23,31)(H,24,32)(H,26,27)(H,28,29)(H,33,34). The van der Waals surface area contributed by atoms with Gasteiger partial charge in [-0.05, 0) is 32.1 Å². The van der Waals surface area contributed by atoms with Gasteiger partial charge in [0.15, 0.2) is 6.04 Å². The first-order valence-electron chi connectivity index (χ1n) is 10.7. The molecular formula is C20H34N4O10. The Morgan fingerprint density at radius 1 is 0.735 bits per heavy atom. The maximum Gasteiger partial charge on any atom is 0.328 e. The van der Waals surface area contributed by atoms with E-state index < -0.39 is 78.7 Å². The molecule has 0 aromatic rings. The van der Waals surface area contributed by atoms with Crippen LogP contribution in [0.15, 0.2) is 0 Å². The summed E-state index contributed by atoms with van der Waals surface area (Å²) < 4.78 is 0. The largest absolute Gasteiger partial charge is 0.481 e. The molecule has 0 aliphatic rings. The highest BCUT2D eigenvalue weighted by atomic mass is 16.4. The van der Waals surface area contributed by atoms with Crippen LogP contribution in [0.1, 0.15) is 52.9 Å². The minimum atomic E-state index is -1.63. The molecule has 34 heavy (non-hydrogen) atoms. The molecule has 5 atom stereocenters. The van der Waals surface area contributed by atoms with Crippen molar-refractivity contribution in [2.75, 3.05) is 0 Å². The first kappa shape index (κ1) is 30.7. The quantitative estimate of drug-likeness (QED) is 0.118. The van der Waals surface area contributed by atoms with E-state index in [2.05, 4.69) is 16.0 Å². The van der Waals surface area contributed by atoms with Crippen molar-refractivity contribution >= 4 is 35.6 Å². The zero-order valence-corrected chi connectivity index (χ0v) is 19.3. The lowest BCUT2D eigenvalue weighted by Gasteiger charge is -2.26. The van der Waals surface area contributed by atoms with E-state index in [9.17, 15) is 33.9 Å². The second-order valence-corrected chi connectivity index (χ2v) is 8.29. The van der Waals surface area contributed by atoms with E-state index in [1.165, 1.54) is 6.92 Å². The molecule has 0 saturated carbocycles. The van der Waals surface area contributed by atoms with Gasteiger partial charge >= 0.3 is 17.9 Å². The maximum atomic E-state index is 12.8. The number of aliphatic carboxylic acids is 3. The number of amides is 3. The molecule has 0 spiro atoms. The lowest BCUT2D eigenvalue weighted by atomic mass is 10.0. The first-order chi connectivity index (χ1) is 15.6. The van der Waals surface area contributed by atoms with E-state index in [1.54, 1.807) is 13.8 Å². The lowest BCUT2D eigenvalue weighted by Crippen LogP contribution is -2.58. The molecule has 0 bridgehead atoms. The van der Waals surface area contributed by atoms with Crippen molar-refractivity contribution in [1.29, 1.82) is 0 Å². The molecule has 14 nitrogen and oxygen atoms in total. The zero-order valence-electron chi connectivity index (χ0n) is 19.3. The highest BCUT2D eigenvalue weighted by Gasteiger charge is 2.32. The molecule has 194 valence electrons. The van der Waals surface area contributed by atoms with Crippen molar-refractivity contribution in [3.05, 3.63) is 0 Å². The Hall–Kier alpha value is -3.26. The second kappa shape index (κ2) is 14.8. The monoisotopic (exact) mass is 490 g/mol. The van der Waals surface area contributed by atoms with Crippen LogP contribution in [-0.4, -0.2) is 86.3 Å². The molecule has 0 radical (unpaired) electrons. The van der Waals surface area contributed by atoms with Crippen LogP contribution in [0.25, 0.3) is 0 Å². The fraction of sp³-hybridized carbons (Fsp3) is 0.700. The summed E-state index contributed by atoms with van der Waals surface area (Å²) in [6.45, 7) is 4.64. The van der Waals surface area contributed by atoms with Crippen molar-refractivity contribution in [2.24, 2.45) is 11.7 Å². The number of carbonyl (C=O) groups excluding carboxylic acids is 3. The summed E-state index contributed by atoms with van der Waals surface area (Å²) in [5.41, 5.74) is 5.63. The summed E-state index contributed by atoms with van der Waals surface area (Å²) in [5, 5.41) is 43.2. The number of carbonyl (C=O) groups is 6. The molecule has 0 aliphatic heterocycles. The Morgan fingerprint density at radius 3 is 1.65 bits per heavy atom. The predicted molar refractivity (Wildman–Crippen MR) is 116 cm³/mol. The van der Waals surface area contributed by atoms with Crippen LogP contribution in [0.5, 0.6) is 0 Å². The average molecular weight is 491 g/mol. The van der Waals surface area contributed by atoms with Gasteiger partial charge in [-0.1, -0.05) is 13.8 Å². The van der Waals surface area contributed by atoms with Crippen LogP contribution in [0, 0.1) is 5.92 Å². The fourth-order valence-electron chi connectivity index (χ4n) is 2.84. The third-order valence-corrected chi connectivity index (χ3v) is 4.67. The minimum absolute atomic E-state index is 0.0709. The SMILES string of the molecule is CC(C)CC(NC(=O)C(CCC(=O)O)NC(=O)C(N)CCC(=O)O)C(=O)NC(C(=O)O)C(C)O. The Balaban J connectivity index is 5.54. The number of carboxylic acid groups (broad SMARTS) is 3. The zero-order chi connectivity index (χ0) is 26.6. The Labute approximate surface area is 196 Å². The van der Waals surface area contributed by atoms with Gasteiger partial charge in [-0.15, -0.1) is 0 Å². The summed E-state index contributed by atoms with van der Waals surface area (Å²) >= 11 is 0. The molecular weight excluding hydrogens is 456 g/mol. The van der Waals surface area contributed by atoms with Crippen LogP contribution in [0.4, 0.5) is 0 Å². The van der Waals surface area contributed by atoms with Crippen LogP contribution >= 0.6 is 0 Å². The number of aliphatic hydroxyl groups excluding tert-OH is 1. The highest BCUT2D eigenvalue weighted by Crippen LogP contribution is 2.08. The maximum absolute atomic E-state index is 12.8. The van der Waals surface area contributed by atoms with Crippen LogP contribution in [0.2, 0.25) is 0 Å². The summed E-state index contributed by atoms with van der Waals surface area (Å²) in [6, 6.07) is -5.56. The molecule has 5 unspecified atom stereocenters. The number of hydrogen-bond donors (Lipinski definition) is 8. The lowest BCUT2D eigenvalue weighted by molar-refractivity contribution is -0.145. The van der Waals surface area contributed by atoms with E-state index >= 15 is 0 Å². The van der Waals surface area contributed by atoms with Gasteiger partial charge in [-0.3, -0.25) is 24.0 Å². The molecule has 14 heteroatoms. The van der Waals surface area contributed by atoms with Gasteiger partial charge in [0.1, 0.15) is 12.1 Å². The molecule has 0 aromatic carbocycles. The number of carboxylic acids is 3. The molecule has 0 heterocycles. The minimum Gasteiger partial charge on any atom is -0.481 e. The Kier molecular flexibility index (Phi) is 13.4. The van der Waals surface area contributed by atoms with Gasteiger partial charge in [0.2, 0.25) is 17.7 Å². The number of hydrogen-bond acceptors (Lipinski definition) is 8. The van der Waals surface area contributed by atoms with Crippen molar-refractivity contribution in [3.8, 4) is 0 Å². The summed E-state index contributed by atoms with van der Waals surface area (Å²) in [5.74, 6) is -6.73. The van der Waals surface area contributed by atoms with Gasteiger partial charge < -0.3 is 42.1 Å². The third kappa shape index (κ3) is 12.1. The van der Waals surface area contributed by atoms with Gasteiger partial charge in [0.05, 0.1) is 12.1 Å². The fourth-order valence-corrected chi connectivity index (χ4v) is 2.84. The summed E-state index contributed by atoms with van der Waals surface area (Å²) in [4.78, 5) is 70.7. The van der Waals surface area contributed by atoms with E-state index in [0.29, 0.717) is 0 Å². The van der Waals surface area contributed by atoms with Crippen molar-refractivity contribution < 1.29 is 49.2 Å². The number of rotatable bonds is 16. The van der Waals surface area contributed by atoms with E-state index in [-0.39, 0.29) is 25.2 Å². The molecule has 9 N–H and O–H groups in total. The molecule has 0 rings (SSSR count). The molecule has 0 aliphatic carbocycles. The van der Waals surface area contributed by atoms with Gasteiger partial charge in [-0.25, -0.2) is 4.79 Å². The smallest absolute Gasteiger partial charge is 0.328 e. The van der Waals surface area contributed by atoms with E-state index in [4.69, 9.17) is 21.1 Å². The Bertz CT molecular complexity index is 756. The normalized spacial score (nSPS) is 15.4. The topological polar surface area (TPSA) is 245 Å². The van der Waals surface area contributed by atoms with Crippen molar-refractivity contribution in [3.63, 3.8) is 0 Å². The van der Waals surface area contributed by atoms with E-state index in [0.717, 1.165) is 0 Å². The van der Waals surface area contributed by atoms with Gasteiger partial charge in [0, 0.05) is 12.8 Å². The number of aliphatic hydroxyl groups is 1. The molecule has 0 aromatic heterocycles. The second-order valence-electron chi connectivity index (χ2n) is 8.29. The number of nitrogens with two attached hydrogens (primary N) is 1. The van der Waals surface area contributed by atoms with Crippen molar-refractivity contribution in [1.82, 2.24) is 16.0 Å². The third-order valence-electron chi connectivity index (χ3n) is 4.67. The summed E-state index contributed by atoms with van der Waals surface area (Å²) in [6.07, 6.45) is -2.82. The van der Waals surface area contributed by atoms with Crippen LogP contribution in [-0.2, 0) is 28.8 Å². The highest BCUT2D eigenvalue weighted by molar-refractivity contribution is 5.94.